The molecule has 1 N–H and O–H groups in total. The third kappa shape index (κ3) is 6.03. The Kier molecular flexibility index (Phi) is 9.58. The zero-order valence-corrected chi connectivity index (χ0v) is 18.9. The number of ether oxygens (including phenoxy) is 2. The number of aryl methyl sites for hydroxylation is 1. The van der Waals surface area contributed by atoms with Crippen molar-refractivity contribution in [3.8, 4) is 0 Å². The summed E-state index contributed by atoms with van der Waals surface area (Å²) in [7, 11) is 0. The third-order valence-corrected chi connectivity index (χ3v) is 5.85. The molecule has 2 saturated heterocycles. The highest BCUT2D eigenvalue weighted by atomic mass is 127. The van der Waals surface area contributed by atoms with Gasteiger partial charge in [0.1, 0.15) is 6.10 Å². The minimum Gasteiger partial charge on any atom is -0.375 e. The van der Waals surface area contributed by atoms with Crippen LogP contribution in [0.25, 0.3) is 0 Å². The number of aromatic nitrogens is 1. The average molecular weight is 494 g/mol. The van der Waals surface area contributed by atoms with Crippen molar-refractivity contribution in [3.05, 3.63) is 16.1 Å². The quantitative estimate of drug-likeness (QED) is 0.375. The summed E-state index contributed by atoms with van der Waals surface area (Å²) < 4.78 is 11.8. The third-order valence-electron chi connectivity index (χ3n) is 4.64. The lowest BCUT2D eigenvalue weighted by molar-refractivity contribution is -0.0817. The van der Waals surface area contributed by atoms with Gasteiger partial charge in [0.25, 0.3) is 0 Å². The molecule has 26 heavy (non-hydrogen) atoms. The molecule has 2 atom stereocenters. The summed E-state index contributed by atoms with van der Waals surface area (Å²) in [5.41, 5.74) is 0. The lowest BCUT2D eigenvalue weighted by Crippen LogP contribution is -2.53. The van der Waals surface area contributed by atoms with E-state index in [0.29, 0.717) is 0 Å². The van der Waals surface area contributed by atoms with Crippen molar-refractivity contribution in [2.75, 3.05) is 39.4 Å². The normalized spacial score (nSPS) is 23.8. The van der Waals surface area contributed by atoms with E-state index in [4.69, 9.17) is 14.5 Å². The summed E-state index contributed by atoms with van der Waals surface area (Å²) in [6.45, 7) is 9.26. The topological polar surface area (TPSA) is 59.0 Å². The number of nitrogens with zero attached hydrogens (tertiary/aromatic N) is 3. The van der Waals surface area contributed by atoms with Crippen molar-refractivity contribution in [1.29, 1.82) is 0 Å². The molecule has 1 aromatic rings. The van der Waals surface area contributed by atoms with E-state index in [2.05, 4.69) is 29.0 Å². The van der Waals surface area contributed by atoms with Gasteiger partial charge >= 0.3 is 0 Å². The fourth-order valence-electron chi connectivity index (χ4n) is 3.30. The van der Waals surface area contributed by atoms with Gasteiger partial charge in [0.15, 0.2) is 5.96 Å². The number of rotatable bonds is 6. The summed E-state index contributed by atoms with van der Waals surface area (Å²) in [5, 5.41) is 4.61. The fourth-order valence-corrected chi connectivity index (χ4v) is 4.15. The number of halogens is 1. The molecule has 0 radical (unpaired) electrons. The molecule has 3 heterocycles. The van der Waals surface area contributed by atoms with Crippen LogP contribution in [0, 0.1) is 0 Å². The maximum Gasteiger partial charge on any atom is 0.194 e. The van der Waals surface area contributed by atoms with E-state index in [-0.39, 0.29) is 36.2 Å². The van der Waals surface area contributed by atoms with Gasteiger partial charge in [-0.05, 0) is 26.2 Å². The number of hydrogen-bond donors (Lipinski definition) is 1. The van der Waals surface area contributed by atoms with Crippen LogP contribution in [0.4, 0.5) is 0 Å². The Morgan fingerprint density at radius 3 is 2.88 bits per heavy atom. The van der Waals surface area contributed by atoms with Crippen molar-refractivity contribution in [2.24, 2.45) is 4.99 Å². The molecule has 0 bridgehead atoms. The Balaban J connectivity index is 0.00000243. The second kappa shape index (κ2) is 11.4. The van der Waals surface area contributed by atoms with E-state index >= 15 is 0 Å². The van der Waals surface area contributed by atoms with Crippen molar-refractivity contribution in [2.45, 2.75) is 51.7 Å². The molecule has 0 aliphatic carbocycles. The minimum atomic E-state index is 0. The van der Waals surface area contributed by atoms with Crippen molar-refractivity contribution < 1.29 is 9.47 Å². The first kappa shape index (κ1) is 21.8. The molecule has 2 aliphatic heterocycles. The Morgan fingerprint density at radius 2 is 2.19 bits per heavy atom. The summed E-state index contributed by atoms with van der Waals surface area (Å²) in [5.74, 6) is 0.987. The number of hydrogen-bond acceptors (Lipinski definition) is 5. The Hall–Kier alpha value is -0.450. The monoisotopic (exact) mass is 494 g/mol. The molecule has 2 aliphatic rings. The van der Waals surface area contributed by atoms with Gasteiger partial charge in [0, 0.05) is 50.3 Å². The van der Waals surface area contributed by atoms with Crippen LogP contribution in [0.2, 0.25) is 0 Å². The minimum absolute atomic E-state index is 0. The van der Waals surface area contributed by atoms with Gasteiger partial charge in [-0.3, -0.25) is 4.99 Å². The molecule has 2 unspecified atom stereocenters. The van der Waals surface area contributed by atoms with Gasteiger partial charge in [-0.1, -0.05) is 6.92 Å². The smallest absolute Gasteiger partial charge is 0.194 e. The summed E-state index contributed by atoms with van der Waals surface area (Å²) in [6, 6.07) is 0. The fraction of sp³-hybridized carbons (Fsp3) is 0.778. The highest BCUT2D eigenvalue weighted by Crippen LogP contribution is 2.21. The molecule has 3 rings (SSSR count). The van der Waals surface area contributed by atoms with Crippen molar-refractivity contribution >= 4 is 41.3 Å². The predicted molar refractivity (Wildman–Crippen MR) is 117 cm³/mol. The van der Waals surface area contributed by atoms with Gasteiger partial charge in [-0.25, -0.2) is 4.98 Å². The van der Waals surface area contributed by atoms with E-state index < -0.39 is 0 Å². The molecule has 6 nitrogen and oxygen atoms in total. The van der Waals surface area contributed by atoms with Crippen molar-refractivity contribution in [3.63, 3.8) is 0 Å². The van der Waals surface area contributed by atoms with Crippen molar-refractivity contribution in [1.82, 2.24) is 15.2 Å². The lowest BCUT2D eigenvalue weighted by Gasteiger charge is -2.37. The number of thiazole rings is 1. The van der Waals surface area contributed by atoms with Gasteiger partial charge < -0.3 is 19.7 Å². The highest BCUT2D eigenvalue weighted by Gasteiger charge is 2.32. The van der Waals surface area contributed by atoms with Gasteiger partial charge in [0.2, 0.25) is 0 Å². The summed E-state index contributed by atoms with van der Waals surface area (Å²) in [4.78, 5) is 13.0. The van der Waals surface area contributed by atoms with Gasteiger partial charge in [-0.2, -0.15) is 0 Å². The SMILES string of the molecule is CCNC(=NCCc1ncc(CC)s1)N1CCOC(C2CCCO2)C1.I. The summed E-state index contributed by atoms with van der Waals surface area (Å²) >= 11 is 1.80. The van der Waals surface area contributed by atoms with Gasteiger partial charge in [-0.15, -0.1) is 35.3 Å². The first-order valence-corrected chi connectivity index (χ1v) is 10.3. The van der Waals surface area contributed by atoms with Crippen LogP contribution in [0.3, 0.4) is 0 Å². The second-order valence-corrected chi connectivity index (χ2v) is 7.67. The highest BCUT2D eigenvalue weighted by molar-refractivity contribution is 14.0. The van der Waals surface area contributed by atoms with E-state index in [1.165, 1.54) is 9.88 Å². The molecule has 0 saturated carbocycles. The van der Waals surface area contributed by atoms with E-state index in [9.17, 15) is 0 Å². The van der Waals surface area contributed by atoms with Crippen LogP contribution in [-0.4, -0.2) is 67.4 Å². The molecule has 0 spiro atoms. The van der Waals surface area contributed by atoms with Crippen LogP contribution >= 0.6 is 35.3 Å². The predicted octanol–water partition coefficient (Wildman–Crippen LogP) is 2.71. The number of nitrogens with one attached hydrogen (secondary N) is 1. The number of guanidine groups is 1. The van der Waals surface area contributed by atoms with Gasteiger partial charge in [0.05, 0.1) is 17.7 Å². The summed E-state index contributed by atoms with van der Waals surface area (Å²) in [6.07, 6.45) is 6.60. The number of aliphatic imine (C=N–C) groups is 1. The van der Waals surface area contributed by atoms with Crippen LogP contribution in [0.5, 0.6) is 0 Å². The first-order valence-electron chi connectivity index (χ1n) is 9.50. The van der Waals surface area contributed by atoms with Crippen LogP contribution in [-0.2, 0) is 22.3 Å². The molecule has 1 aromatic heterocycles. The lowest BCUT2D eigenvalue weighted by atomic mass is 10.1. The largest absolute Gasteiger partial charge is 0.375 e. The molecule has 2 fully saturated rings. The second-order valence-electron chi connectivity index (χ2n) is 6.47. The molecule has 0 amide bonds. The van der Waals surface area contributed by atoms with Crippen LogP contribution in [0.15, 0.2) is 11.2 Å². The van der Waals surface area contributed by atoms with E-state index in [0.717, 1.165) is 71.0 Å². The van der Waals surface area contributed by atoms with E-state index in [1.807, 2.05) is 6.20 Å². The van der Waals surface area contributed by atoms with E-state index in [1.54, 1.807) is 11.3 Å². The molecule has 148 valence electrons. The Bertz CT molecular complexity index is 563. The van der Waals surface area contributed by atoms with Crippen LogP contribution in [0.1, 0.15) is 36.6 Å². The maximum absolute atomic E-state index is 5.95. The maximum atomic E-state index is 5.95. The Labute approximate surface area is 177 Å². The molecule has 8 heteroatoms. The number of morpholine rings is 1. The first-order chi connectivity index (χ1) is 12.3. The average Bonchev–Trinajstić information content (AvgIpc) is 3.33. The molecular weight excluding hydrogens is 463 g/mol. The Morgan fingerprint density at radius 1 is 1.35 bits per heavy atom. The molecular formula is C18H31IN4O2S. The molecule has 0 aromatic carbocycles. The standard InChI is InChI=1S/C18H30N4O2S.HI/c1-3-14-12-21-17(25-14)7-8-20-18(19-4-2)22-9-11-24-16(13-22)15-6-5-10-23-15;/h12,15-16H,3-11,13H2,1-2H3,(H,19,20);1H. The van der Waals surface area contributed by atoms with Crippen LogP contribution < -0.4 is 5.32 Å². The zero-order chi connectivity index (χ0) is 17.5. The zero-order valence-electron chi connectivity index (χ0n) is 15.8.